The Balaban J connectivity index is 1.23. The van der Waals surface area contributed by atoms with Gasteiger partial charge in [0.05, 0.1) is 23.1 Å². The summed E-state index contributed by atoms with van der Waals surface area (Å²) < 4.78 is 1.63. The van der Waals surface area contributed by atoms with Gasteiger partial charge in [0, 0.05) is 37.2 Å². The molecule has 1 aliphatic heterocycles. The van der Waals surface area contributed by atoms with E-state index in [-0.39, 0.29) is 11.5 Å². The number of carbonyl (C=O) groups excluding carboxylic acids is 1. The van der Waals surface area contributed by atoms with E-state index >= 15 is 0 Å². The molecule has 28 heavy (non-hydrogen) atoms. The van der Waals surface area contributed by atoms with Crippen LogP contribution in [-0.4, -0.2) is 43.6 Å². The van der Waals surface area contributed by atoms with Crippen molar-refractivity contribution < 1.29 is 4.79 Å². The van der Waals surface area contributed by atoms with Crippen molar-refractivity contribution in [2.75, 3.05) is 13.1 Å². The Hall–Kier alpha value is -2.96. The molecule has 1 saturated carbocycles. The molecule has 2 aromatic heterocycles. The molecule has 0 atom stereocenters. The Morgan fingerprint density at radius 3 is 2.71 bits per heavy atom. The number of benzene rings is 1. The van der Waals surface area contributed by atoms with Crippen molar-refractivity contribution in [2.45, 2.75) is 38.1 Å². The zero-order chi connectivity index (χ0) is 19.1. The standard InChI is InChI=1S/C21H23N5O2/c27-20-6-5-17(15-1-2-15)24-26(20)12-14-7-9-25(10-8-14)21(28)16-3-4-18-19(11-16)23-13-22-18/h3-6,11,13-15H,1-2,7-10,12H2,(H,22,23). The van der Waals surface area contributed by atoms with Crippen LogP contribution >= 0.6 is 0 Å². The van der Waals surface area contributed by atoms with E-state index in [4.69, 9.17) is 0 Å². The van der Waals surface area contributed by atoms with Gasteiger partial charge in [-0.2, -0.15) is 5.10 Å². The van der Waals surface area contributed by atoms with Crippen LogP contribution in [0.1, 0.15) is 47.7 Å². The minimum atomic E-state index is -0.0317. The van der Waals surface area contributed by atoms with Crippen molar-refractivity contribution >= 4 is 16.9 Å². The Morgan fingerprint density at radius 2 is 1.93 bits per heavy atom. The number of imidazole rings is 1. The number of nitrogens with one attached hydrogen (secondary N) is 1. The molecule has 1 amide bonds. The lowest BCUT2D eigenvalue weighted by Gasteiger charge is -2.32. The predicted octanol–water partition coefficient (Wildman–Crippen LogP) is 2.55. The van der Waals surface area contributed by atoms with Gasteiger partial charge in [-0.1, -0.05) is 0 Å². The van der Waals surface area contributed by atoms with Gasteiger partial charge in [-0.05, 0) is 55.9 Å². The minimum Gasteiger partial charge on any atom is -0.345 e. The molecule has 0 bridgehead atoms. The molecule has 7 nitrogen and oxygen atoms in total. The molecule has 3 heterocycles. The molecule has 1 saturated heterocycles. The number of fused-ring (bicyclic) bond motifs is 1. The molecular weight excluding hydrogens is 354 g/mol. The number of aromatic nitrogens is 4. The van der Waals surface area contributed by atoms with Crippen molar-refractivity contribution in [3.8, 4) is 0 Å². The van der Waals surface area contributed by atoms with Gasteiger partial charge in [-0.25, -0.2) is 9.67 Å². The number of rotatable bonds is 4. The first kappa shape index (κ1) is 17.2. The third-order valence-electron chi connectivity index (χ3n) is 5.88. The first-order valence-corrected chi connectivity index (χ1v) is 9.98. The van der Waals surface area contributed by atoms with E-state index in [1.165, 1.54) is 12.8 Å². The zero-order valence-electron chi connectivity index (χ0n) is 15.7. The predicted molar refractivity (Wildman–Crippen MR) is 105 cm³/mol. The van der Waals surface area contributed by atoms with Crippen molar-refractivity contribution in [3.63, 3.8) is 0 Å². The maximum absolute atomic E-state index is 12.8. The van der Waals surface area contributed by atoms with Gasteiger partial charge in [0.2, 0.25) is 0 Å². The molecule has 2 fully saturated rings. The number of likely N-dealkylation sites (tertiary alicyclic amines) is 1. The van der Waals surface area contributed by atoms with Gasteiger partial charge in [-0.15, -0.1) is 0 Å². The average Bonchev–Trinajstić information content (AvgIpc) is 3.46. The van der Waals surface area contributed by atoms with Gasteiger partial charge >= 0.3 is 0 Å². The highest BCUT2D eigenvalue weighted by molar-refractivity contribution is 5.97. The smallest absolute Gasteiger partial charge is 0.266 e. The number of amides is 1. The number of H-pyrrole nitrogens is 1. The largest absolute Gasteiger partial charge is 0.345 e. The molecule has 7 heteroatoms. The maximum Gasteiger partial charge on any atom is 0.266 e. The Bertz CT molecular complexity index is 1070. The second-order valence-corrected chi connectivity index (χ2v) is 7.92. The number of nitrogens with zero attached hydrogens (tertiary/aromatic N) is 4. The second kappa shape index (κ2) is 6.89. The van der Waals surface area contributed by atoms with Crippen LogP contribution in [0.5, 0.6) is 0 Å². The van der Waals surface area contributed by atoms with Crippen molar-refractivity contribution in [2.24, 2.45) is 5.92 Å². The Morgan fingerprint density at radius 1 is 1.11 bits per heavy atom. The molecular formula is C21H23N5O2. The van der Waals surface area contributed by atoms with Crippen LogP contribution in [-0.2, 0) is 6.54 Å². The number of piperidine rings is 1. The molecule has 2 aliphatic rings. The molecule has 0 unspecified atom stereocenters. The van der Waals surface area contributed by atoms with Gasteiger partial charge < -0.3 is 9.88 Å². The average molecular weight is 377 g/mol. The summed E-state index contributed by atoms with van der Waals surface area (Å²) in [6.07, 6.45) is 5.77. The quantitative estimate of drug-likeness (QED) is 0.757. The van der Waals surface area contributed by atoms with Crippen LogP contribution in [0.2, 0.25) is 0 Å². The van der Waals surface area contributed by atoms with E-state index in [1.807, 2.05) is 29.2 Å². The van der Waals surface area contributed by atoms with Gasteiger partial charge in [-0.3, -0.25) is 9.59 Å². The van der Waals surface area contributed by atoms with Crippen LogP contribution in [0.3, 0.4) is 0 Å². The third-order valence-corrected chi connectivity index (χ3v) is 5.88. The summed E-state index contributed by atoms with van der Waals surface area (Å²) in [6.45, 7) is 2.06. The van der Waals surface area contributed by atoms with E-state index in [0.29, 0.717) is 37.0 Å². The third kappa shape index (κ3) is 3.32. The summed E-state index contributed by atoms with van der Waals surface area (Å²) in [5.41, 5.74) is 3.44. The van der Waals surface area contributed by atoms with Crippen LogP contribution in [0.4, 0.5) is 0 Å². The highest BCUT2D eigenvalue weighted by Gasteiger charge is 2.27. The Kier molecular flexibility index (Phi) is 4.22. The number of hydrogen-bond donors (Lipinski definition) is 1. The summed E-state index contributed by atoms with van der Waals surface area (Å²) in [7, 11) is 0. The molecule has 1 aromatic carbocycles. The molecule has 1 N–H and O–H groups in total. The first-order valence-electron chi connectivity index (χ1n) is 9.98. The van der Waals surface area contributed by atoms with Gasteiger partial charge in [0.25, 0.3) is 11.5 Å². The van der Waals surface area contributed by atoms with Crippen LogP contribution in [0.15, 0.2) is 41.5 Å². The molecule has 0 spiro atoms. The van der Waals surface area contributed by atoms with Crippen molar-refractivity contribution in [1.82, 2.24) is 24.6 Å². The van der Waals surface area contributed by atoms with Crippen LogP contribution < -0.4 is 5.56 Å². The topological polar surface area (TPSA) is 83.9 Å². The SMILES string of the molecule is O=C(c1ccc2nc[nH]c2c1)N1CCC(Cn2nc(C3CC3)ccc2=O)CC1. The summed E-state index contributed by atoms with van der Waals surface area (Å²) in [4.78, 5) is 34.1. The lowest BCUT2D eigenvalue weighted by Crippen LogP contribution is -2.40. The first-order chi connectivity index (χ1) is 13.7. The summed E-state index contributed by atoms with van der Waals surface area (Å²) in [5, 5.41) is 4.57. The summed E-state index contributed by atoms with van der Waals surface area (Å²) in [5.74, 6) is 0.971. The number of hydrogen-bond acceptors (Lipinski definition) is 4. The maximum atomic E-state index is 12.8. The van der Waals surface area contributed by atoms with E-state index < -0.39 is 0 Å². The lowest BCUT2D eigenvalue weighted by molar-refractivity contribution is 0.0680. The van der Waals surface area contributed by atoms with E-state index in [2.05, 4.69) is 15.1 Å². The molecule has 5 rings (SSSR count). The van der Waals surface area contributed by atoms with E-state index in [1.54, 1.807) is 17.1 Å². The molecule has 1 aliphatic carbocycles. The molecule has 3 aromatic rings. The zero-order valence-corrected chi connectivity index (χ0v) is 15.7. The normalized spacial score (nSPS) is 17.9. The molecule has 0 radical (unpaired) electrons. The summed E-state index contributed by atoms with van der Waals surface area (Å²) in [6, 6.07) is 9.09. The number of aromatic amines is 1. The summed E-state index contributed by atoms with van der Waals surface area (Å²) >= 11 is 0. The molecule has 144 valence electrons. The van der Waals surface area contributed by atoms with Crippen molar-refractivity contribution in [1.29, 1.82) is 0 Å². The van der Waals surface area contributed by atoms with E-state index in [9.17, 15) is 9.59 Å². The fraction of sp³-hybridized carbons (Fsp3) is 0.429. The second-order valence-electron chi connectivity index (χ2n) is 7.92. The fourth-order valence-electron chi connectivity index (χ4n) is 4.01. The van der Waals surface area contributed by atoms with E-state index in [0.717, 1.165) is 29.6 Å². The van der Waals surface area contributed by atoms with Crippen LogP contribution in [0, 0.1) is 5.92 Å². The Labute approximate surface area is 162 Å². The minimum absolute atomic E-state index is 0.0317. The van der Waals surface area contributed by atoms with Gasteiger partial charge in [0.1, 0.15) is 0 Å². The monoisotopic (exact) mass is 377 g/mol. The number of carbonyl (C=O) groups is 1. The lowest BCUT2D eigenvalue weighted by atomic mass is 9.96. The van der Waals surface area contributed by atoms with Gasteiger partial charge in [0.15, 0.2) is 0 Å². The van der Waals surface area contributed by atoms with Crippen LogP contribution in [0.25, 0.3) is 11.0 Å². The van der Waals surface area contributed by atoms with Crippen molar-refractivity contribution in [3.05, 3.63) is 58.3 Å². The highest BCUT2D eigenvalue weighted by atomic mass is 16.2. The fourth-order valence-corrected chi connectivity index (χ4v) is 4.01. The highest BCUT2D eigenvalue weighted by Crippen LogP contribution is 2.38.